The monoisotopic (exact) mass is 241 g/mol. The zero-order valence-corrected chi connectivity index (χ0v) is 10.8. The highest BCUT2D eigenvalue weighted by molar-refractivity contribution is 5.88. The Labute approximate surface area is 103 Å². The molecule has 98 valence electrons. The van der Waals surface area contributed by atoms with E-state index in [4.69, 9.17) is 5.73 Å². The van der Waals surface area contributed by atoms with Crippen LogP contribution in [-0.4, -0.2) is 30.9 Å². The maximum absolute atomic E-state index is 12.1. The van der Waals surface area contributed by atoms with Crippen molar-refractivity contribution in [3.05, 3.63) is 0 Å². The molecule has 0 spiro atoms. The molecule has 1 rings (SSSR count). The first kappa shape index (κ1) is 14.0. The van der Waals surface area contributed by atoms with Crippen LogP contribution in [0.1, 0.15) is 33.1 Å². The number of amides is 2. The van der Waals surface area contributed by atoms with Gasteiger partial charge in [-0.1, -0.05) is 13.3 Å². The average molecular weight is 241 g/mol. The van der Waals surface area contributed by atoms with Crippen LogP contribution in [0.25, 0.3) is 0 Å². The predicted octanol–water partition coefficient (Wildman–Crippen LogP) is 0.000600. The summed E-state index contributed by atoms with van der Waals surface area (Å²) in [5.74, 6) is -0.164. The van der Waals surface area contributed by atoms with Crippen LogP contribution < -0.4 is 16.4 Å². The van der Waals surface area contributed by atoms with E-state index >= 15 is 0 Å². The molecule has 4 atom stereocenters. The van der Waals surface area contributed by atoms with Gasteiger partial charge in [0.05, 0.1) is 5.92 Å². The maximum atomic E-state index is 12.1. The molecule has 0 aromatic heterocycles. The van der Waals surface area contributed by atoms with Gasteiger partial charge < -0.3 is 16.4 Å². The van der Waals surface area contributed by atoms with Gasteiger partial charge in [0.2, 0.25) is 11.8 Å². The number of rotatable bonds is 3. The fourth-order valence-corrected chi connectivity index (χ4v) is 2.50. The van der Waals surface area contributed by atoms with Gasteiger partial charge in [-0.15, -0.1) is 0 Å². The van der Waals surface area contributed by atoms with Gasteiger partial charge in [-0.3, -0.25) is 9.59 Å². The van der Waals surface area contributed by atoms with E-state index < -0.39 is 6.04 Å². The average Bonchev–Trinajstić information content (AvgIpc) is 2.27. The molecule has 0 radical (unpaired) electrons. The van der Waals surface area contributed by atoms with E-state index in [0.717, 1.165) is 19.3 Å². The minimum absolute atomic E-state index is 0.0874. The molecule has 1 fully saturated rings. The third kappa shape index (κ3) is 3.43. The first-order valence-corrected chi connectivity index (χ1v) is 6.25. The van der Waals surface area contributed by atoms with Crippen molar-refractivity contribution in [3.63, 3.8) is 0 Å². The normalized spacial score (nSPS) is 30.5. The van der Waals surface area contributed by atoms with Crippen LogP contribution in [0.4, 0.5) is 0 Å². The molecule has 0 aromatic rings. The van der Waals surface area contributed by atoms with Gasteiger partial charge >= 0.3 is 0 Å². The second kappa shape index (κ2) is 6.00. The van der Waals surface area contributed by atoms with E-state index in [9.17, 15) is 9.59 Å². The second-order valence-electron chi connectivity index (χ2n) is 4.94. The van der Waals surface area contributed by atoms with Gasteiger partial charge in [-0.2, -0.15) is 0 Å². The minimum atomic E-state index is -0.506. The zero-order valence-electron chi connectivity index (χ0n) is 10.8. The Kier molecular flexibility index (Phi) is 4.93. The fraction of sp³-hybridized carbons (Fsp3) is 0.833. The lowest BCUT2D eigenvalue weighted by Gasteiger charge is -2.33. The molecule has 2 amide bonds. The third-order valence-corrected chi connectivity index (χ3v) is 3.57. The Morgan fingerprint density at radius 3 is 2.53 bits per heavy atom. The highest BCUT2D eigenvalue weighted by Crippen LogP contribution is 2.29. The van der Waals surface area contributed by atoms with Gasteiger partial charge in [-0.25, -0.2) is 0 Å². The molecule has 0 aromatic carbocycles. The number of nitrogens with two attached hydrogens (primary N) is 1. The molecule has 5 heteroatoms. The van der Waals surface area contributed by atoms with E-state index in [1.807, 2.05) is 6.92 Å². The van der Waals surface area contributed by atoms with Gasteiger partial charge in [0.15, 0.2) is 0 Å². The number of carbonyl (C=O) groups excluding carboxylic acids is 2. The zero-order chi connectivity index (χ0) is 13.0. The van der Waals surface area contributed by atoms with Crippen LogP contribution >= 0.6 is 0 Å². The Hall–Kier alpha value is -1.10. The minimum Gasteiger partial charge on any atom is -0.357 e. The summed E-state index contributed by atoms with van der Waals surface area (Å²) in [7, 11) is 1.56. The first-order valence-electron chi connectivity index (χ1n) is 6.25. The fourth-order valence-electron chi connectivity index (χ4n) is 2.50. The first-order chi connectivity index (χ1) is 7.97. The quantitative estimate of drug-likeness (QED) is 0.650. The van der Waals surface area contributed by atoms with Crippen molar-refractivity contribution >= 4 is 11.8 Å². The molecule has 4 unspecified atom stereocenters. The van der Waals surface area contributed by atoms with Crippen LogP contribution in [-0.2, 0) is 9.59 Å². The van der Waals surface area contributed by atoms with Crippen molar-refractivity contribution < 1.29 is 9.59 Å². The Bertz CT molecular complexity index is 283. The van der Waals surface area contributed by atoms with Gasteiger partial charge in [0.25, 0.3) is 0 Å². The summed E-state index contributed by atoms with van der Waals surface area (Å²) in [6.45, 7) is 3.73. The molecule has 0 heterocycles. The molecule has 0 saturated heterocycles. The van der Waals surface area contributed by atoms with Gasteiger partial charge in [-0.05, 0) is 25.7 Å². The molecule has 0 aliphatic heterocycles. The van der Waals surface area contributed by atoms with Crippen LogP contribution in [0.15, 0.2) is 0 Å². The number of carbonyl (C=O) groups is 2. The summed E-state index contributed by atoms with van der Waals surface area (Å²) < 4.78 is 0. The lowest BCUT2D eigenvalue weighted by molar-refractivity contribution is -0.132. The molecular formula is C12H23N3O2. The van der Waals surface area contributed by atoms with Crippen molar-refractivity contribution in [1.29, 1.82) is 0 Å². The topological polar surface area (TPSA) is 84.2 Å². The smallest absolute Gasteiger partial charge is 0.242 e. The summed E-state index contributed by atoms with van der Waals surface area (Å²) >= 11 is 0. The highest BCUT2D eigenvalue weighted by atomic mass is 16.2. The lowest BCUT2D eigenvalue weighted by atomic mass is 9.76. The molecule has 5 nitrogen and oxygen atoms in total. The molecule has 1 aliphatic rings. The summed E-state index contributed by atoms with van der Waals surface area (Å²) in [5, 5.41) is 5.24. The number of likely N-dealkylation sites (N-methyl/N-ethyl adjacent to an activating group) is 1. The molecule has 0 bridgehead atoms. The molecule has 1 aliphatic carbocycles. The van der Waals surface area contributed by atoms with E-state index in [1.165, 1.54) is 0 Å². The van der Waals surface area contributed by atoms with E-state index in [-0.39, 0.29) is 29.7 Å². The van der Waals surface area contributed by atoms with Crippen molar-refractivity contribution in [2.24, 2.45) is 17.6 Å². The van der Waals surface area contributed by atoms with E-state index in [0.29, 0.717) is 0 Å². The van der Waals surface area contributed by atoms with E-state index in [2.05, 4.69) is 10.6 Å². The summed E-state index contributed by atoms with van der Waals surface area (Å²) in [6, 6.07) is -0.593. The van der Waals surface area contributed by atoms with Crippen molar-refractivity contribution in [1.82, 2.24) is 10.6 Å². The van der Waals surface area contributed by atoms with Crippen LogP contribution in [0.2, 0.25) is 0 Å². The Morgan fingerprint density at radius 2 is 2.00 bits per heavy atom. The molecule has 4 N–H and O–H groups in total. The summed E-state index contributed by atoms with van der Waals surface area (Å²) in [4.78, 5) is 23.4. The third-order valence-electron chi connectivity index (χ3n) is 3.57. The Morgan fingerprint density at radius 1 is 1.35 bits per heavy atom. The molecular weight excluding hydrogens is 218 g/mol. The largest absolute Gasteiger partial charge is 0.357 e. The lowest BCUT2D eigenvalue weighted by Crippen LogP contribution is -2.52. The van der Waals surface area contributed by atoms with Gasteiger partial charge in [0, 0.05) is 13.1 Å². The maximum Gasteiger partial charge on any atom is 0.242 e. The van der Waals surface area contributed by atoms with Gasteiger partial charge in [0.1, 0.15) is 6.04 Å². The standard InChI is InChI=1S/C12H23N3O2/c1-7-5-4-6-9(13)10(7)12(17)15-8(2)11(16)14-3/h7-10H,4-6,13H2,1-3H3,(H,14,16)(H,15,17). The highest BCUT2D eigenvalue weighted by Gasteiger charge is 2.34. The van der Waals surface area contributed by atoms with Crippen LogP contribution in [0, 0.1) is 11.8 Å². The second-order valence-corrected chi connectivity index (χ2v) is 4.94. The predicted molar refractivity (Wildman–Crippen MR) is 66.2 cm³/mol. The SMILES string of the molecule is CNC(=O)C(C)NC(=O)C1C(C)CCCC1N. The summed E-state index contributed by atoms with van der Waals surface area (Å²) in [6.07, 6.45) is 2.99. The van der Waals surface area contributed by atoms with Crippen molar-refractivity contribution in [3.8, 4) is 0 Å². The number of hydrogen-bond acceptors (Lipinski definition) is 3. The summed E-state index contributed by atoms with van der Waals surface area (Å²) in [5.41, 5.74) is 5.99. The van der Waals surface area contributed by atoms with E-state index in [1.54, 1.807) is 14.0 Å². The number of nitrogens with one attached hydrogen (secondary N) is 2. The number of hydrogen-bond donors (Lipinski definition) is 3. The van der Waals surface area contributed by atoms with Crippen molar-refractivity contribution in [2.75, 3.05) is 7.05 Å². The van der Waals surface area contributed by atoms with Crippen LogP contribution in [0.3, 0.4) is 0 Å². The molecule has 17 heavy (non-hydrogen) atoms. The Balaban J connectivity index is 2.59. The van der Waals surface area contributed by atoms with Crippen molar-refractivity contribution in [2.45, 2.75) is 45.2 Å². The van der Waals surface area contributed by atoms with Crippen LogP contribution in [0.5, 0.6) is 0 Å². The molecule has 1 saturated carbocycles.